The van der Waals surface area contributed by atoms with Crippen LogP contribution in [0.4, 0.5) is 0 Å². The first kappa shape index (κ1) is 57.0. The van der Waals surface area contributed by atoms with Crippen molar-refractivity contribution < 1.29 is 45.3 Å². The zero-order chi connectivity index (χ0) is 48.5. The van der Waals surface area contributed by atoms with E-state index in [9.17, 15) is 23.1 Å². The lowest BCUT2D eigenvalue weighted by Gasteiger charge is -2.46. The van der Waals surface area contributed by atoms with E-state index in [4.69, 9.17) is 22.2 Å². The molecule has 62 heavy (non-hydrogen) atoms. The third kappa shape index (κ3) is 15.5. The van der Waals surface area contributed by atoms with Crippen LogP contribution in [-0.2, 0) is 41.9 Å². The molecular formula is C46H87NO10S2Si3. The van der Waals surface area contributed by atoms with Crippen molar-refractivity contribution >= 4 is 64.2 Å². The Morgan fingerprint density at radius 2 is 1.40 bits per heavy atom. The van der Waals surface area contributed by atoms with E-state index < -0.39 is 70.2 Å². The fraction of sp³-hybridized carbons (Fsp3) is 0.848. The zero-order valence-corrected chi connectivity index (χ0v) is 47.4. The highest BCUT2D eigenvalue weighted by Gasteiger charge is 2.58. The number of hydrogen-bond acceptors (Lipinski definition) is 11. The number of carboxylic acid groups (broad SMARTS) is 1. The molecule has 360 valence electrons. The highest BCUT2D eigenvalue weighted by atomic mass is 32.2. The van der Waals surface area contributed by atoms with Crippen molar-refractivity contribution in [3.8, 4) is 0 Å². The number of rotatable bonds is 24. The van der Waals surface area contributed by atoms with Crippen LogP contribution in [0.3, 0.4) is 0 Å². The Morgan fingerprint density at radius 1 is 0.903 bits per heavy atom. The number of ketones is 1. The Hall–Kier alpha value is -1.09. The van der Waals surface area contributed by atoms with Crippen molar-refractivity contribution in [3.05, 3.63) is 21.7 Å². The minimum absolute atomic E-state index is 0.0362. The maximum atomic E-state index is 14.9. The lowest BCUT2D eigenvalue weighted by Crippen LogP contribution is -2.54. The van der Waals surface area contributed by atoms with Gasteiger partial charge >= 0.3 is 5.97 Å². The van der Waals surface area contributed by atoms with E-state index in [1.54, 1.807) is 11.3 Å². The number of ether oxygens (including phenoxy) is 1. The summed E-state index contributed by atoms with van der Waals surface area (Å²) in [5.74, 6) is -1.72. The van der Waals surface area contributed by atoms with E-state index in [0.29, 0.717) is 25.7 Å². The van der Waals surface area contributed by atoms with E-state index in [2.05, 4.69) is 127 Å². The molecule has 0 amide bonds. The second-order valence-electron chi connectivity index (χ2n) is 23.5. The van der Waals surface area contributed by atoms with Gasteiger partial charge in [0.15, 0.2) is 25.0 Å². The molecule has 1 aliphatic heterocycles. The number of Topliss-reactive ketones (excluding diaryl/α,β-unsaturated/α-hetero) is 1. The molecule has 3 unspecified atom stereocenters. The lowest BCUT2D eigenvalue weighted by atomic mass is 9.73. The topological polar surface area (TPSA) is 151 Å². The number of hydrogen-bond donors (Lipinski definition) is 1. The van der Waals surface area contributed by atoms with Gasteiger partial charge in [-0.1, -0.05) is 96.4 Å². The fourth-order valence-electron chi connectivity index (χ4n) is 7.11. The molecule has 0 aromatic carbocycles. The summed E-state index contributed by atoms with van der Waals surface area (Å²) in [6.45, 7) is 44.2. The highest BCUT2D eigenvalue weighted by molar-refractivity contribution is 7.86. The van der Waals surface area contributed by atoms with Gasteiger partial charge in [-0.15, -0.1) is 11.3 Å². The van der Waals surface area contributed by atoms with E-state index in [1.807, 2.05) is 33.1 Å². The third-order valence-corrected chi connectivity index (χ3v) is 29.4. The molecule has 1 aromatic rings. The fourth-order valence-corrected chi connectivity index (χ4v) is 12.4. The summed E-state index contributed by atoms with van der Waals surface area (Å²) >= 11 is 1.60. The number of carbonyl (C=O) groups is 2. The van der Waals surface area contributed by atoms with Gasteiger partial charge in [0.1, 0.15) is 11.4 Å². The Bertz CT molecular complexity index is 1820. The maximum Gasteiger partial charge on any atom is 0.305 e. The molecule has 1 aromatic heterocycles. The van der Waals surface area contributed by atoms with Crippen LogP contribution in [0.1, 0.15) is 140 Å². The van der Waals surface area contributed by atoms with Crippen LogP contribution in [0, 0.1) is 24.2 Å². The minimum Gasteiger partial charge on any atom is -0.481 e. The number of carboxylic acids is 1. The van der Waals surface area contributed by atoms with Crippen molar-refractivity contribution in [1.29, 1.82) is 0 Å². The Morgan fingerprint density at radius 3 is 1.85 bits per heavy atom. The van der Waals surface area contributed by atoms with Crippen molar-refractivity contribution in [2.45, 2.75) is 220 Å². The molecule has 7 atom stereocenters. The van der Waals surface area contributed by atoms with Gasteiger partial charge in [0.25, 0.3) is 10.1 Å². The molecule has 1 aliphatic rings. The van der Waals surface area contributed by atoms with Crippen molar-refractivity contribution in [2.75, 3.05) is 12.9 Å². The minimum atomic E-state index is -3.75. The number of aromatic nitrogens is 1. The molecule has 2 heterocycles. The van der Waals surface area contributed by atoms with Gasteiger partial charge in [0.05, 0.1) is 54.4 Å². The van der Waals surface area contributed by atoms with Crippen LogP contribution in [0.15, 0.2) is 11.0 Å². The number of aliphatic carboxylic acids is 1. The first-order valence-electron chi connectivity index (χ1n) is 22.5. The molecule has 1 N–H and O–H groups in total. The van der Waals surface area contributed by atoms with Crippen LogP contribution >= 0.6 is 11.3 Å². The van der Waals surface area contributed by atoms with Gasteiger partial charge in [-0.2, -0.15) is 8.42 Å². The quantitative estimate of drug-likeness (QED) is 0.0599. The lowest BCUT2D eigenvalue weighted by molar-refractivity contribution is -0.146. The Labute approximate surface area is 384 Å². The van der Waals surface area contributed by atoms with Gasteiger partial charge in [-0.05, 0) is 98.7 Å². The first-order valence-corrected chi connectivity index (χ1v) is 33.9. The van der Waals surface area contributed by atoms with Crippen LogP contribution in [0.2, 0.25) is 54.4 Å². The van der Waals surface area contributed by atoms with Crippen LogP contribution in [0.5, 0.6) is 0 Å². The van der Waals surface area contributed by atoms with Gasteiger partial charge in [-0.3, -0.25) is 13.8 Å². The van der Waals surface area contributed by atoms with E-state index in [-0.39, 0.29) is 52.1 Å². The zero-order valence-electron chi connectivity index (χ0n) is 42.7. The second-order valence-corrected chi connectivity index (χ2v) is 40.4. The summed E-state index contributed by atoms with van der Waals surface area (Å²) in [6, 6.07) is 0. The van der Waals surface area contributed by atoms with E-state index in [0.717, 1.165) is 22.5 Å². The normalized spacial score (nSPS) is 21.3. The summed E-state index contributed by atoms with van der Waals surface area (Å²) < 4.78 is 57.8. The van der Waals surface area contributed by atoms with Crippen molar-refractivity contribution in [1.82, 2.24) is 4.98 Å². The average Bonchev–Trinajstić information content (AvgIpc) is 3.59. The standard InChI is InChI=1S/C46H87NO10S2Si3/c1-31(40(57-62(21,22)44(11,12)13)33(3)41(50)45(14,15)37(28-39(48)49)56-61(19,20)43(8,9)10)24-23-25-46(30-53-59(16,51)52)38(54-46)27-36(55-60(17,18)42(5,6)7)32(2)26-35-29-58-34(4)47-35/h26,29,31,33,36-38,40H,23-25,27-28,30H2,1-22H3,(H,48,49)/t31?,33?,36-,37-,38?,40-,46-/m0/s1. The molecule has 0 saturated carbocycles. The molecule has 0 radical (unpaired) electrons. The first-order chi connectivity index (χ1) is 27.6. The smallest absolute Gasteiger partial charge is 0.305 e. The highest BCUT2D eigenvalue weighted by Crippen LogP contribution is 2.49. The molecule has 0 aliphatic carbocycles. The number of carbonyl (C=O) groups excluding carboxylic acids is 1. The molecule has 16 heteroatoms. The molecule has 0 bridgehead atoms. The summed E-state index contributed by atoms with van der Waals surface area (Å²) in [7, 11) is -10.9. The Balaban J connectivity index is 2.49. The monoisotopic (exact) mass is 962 g/mol. The summed E-state index contributed by atoms with van der Waals surface area (Å²) in [6.07, 6.45) is 3.45. The summed E-state index contributed by atoms with van der Waals surface area (Å²) in [4.78, 5) is 31.8. The number of epoxide rings is 1. The molecular weight excluding hydrogens is 875 g/mol. The third-order valence-electron chi connectivity index (χ3n) is 14.6. The molecule has 1 fully saturated rings. The van der Waals surface area contributed by atoms with Crippen LogP contribution in [-0.4, -0.2) is 98.1 Å². The van der Waals surface area contributed by atoms with Crippen molar-refractivity contribution in [2.24, 2.45) is 17.3 Å². The molecule has 0 spiro atoms. The second kappa shape index (κ2) is 20.4. The predicted molar refractivity (Wildman–Crippen MR) is 263 cm³/mol. The van der Waals surface area contributed by atoms with Gasteiger partial charge in [0, 0.05) is 23.1 Å². The predicted octanol–water partition coefficient (Wildman–Crippen LogP) is 12.0. The molecule has 1 saturated heterocycles. The maximum absolute atomic E-state index is 14.9. The molecule has 11 nitrogen and oxygen atoms in total. The van der Waals surface area contributed by atoms with Crippen LogP contribution < -0.4 is 0 Å². The van der Waals surface area contributed by atoms with Gasteiger partial charge < -0.3 is 23.1 Å². The van der Waals surface area contributed by atoms with Gasteiger partial charge in [-0.25, -0.2) is 4.98 Å². The van der Waals surface area contributed by atoms with Crippen LogP contribution in [0.25, 0.3) is 6.08 Å². The summed E-state index contributed by atoms with van der Waals surface area (Å²) in [5.41, 5.74) is -0.0235. The van der Waals surface area contributed by atoms with Crippen molar-refractivity contribution in [3.63, 3.8) is 0 Å². The number of thiazole rings is 1. The van der Waals surface area contributed by atoms with Gasteiger partial charge in [0.2, 0.25) is 0 Å². The number of nitrogens with zero attached hydrogens (tertiary/aromatic N) is 1. The number of aryl methyl sites for hydroxylation is 1. The average molecular weight is 963 g/mol. The summed E-state index contributed by atoms with van der Waals surface area (Å²) in [5, 5.41) is 12.7. The molecule has 2 rings (SSSR count). The van der Waals surface area contributed by atoms with E-state index in [1.165, 1.54) is 0 Å². The van der Waals surface area contributed by atoms with E-state index >= 15 is 0 Å². The SMILES string of the molecule is CC(=Cc1csc(C)n1)[C@H](CC1O[C@@]1(CCCC(C)[C@H](O[Si](C)(C)C(C)(C)C)C(C)C(=O)C(C)(C)[C@H](CC(=O)O)O[Si](C)(C)C(C)(C)C)COS(C)(=O)=O)O[Si](C)(C)C(C)(C)C. The Kier molecular flexibility index (Phi) is 18.8. The largest absolute Gasteiger partial charge is 0.481 e.